The molecule has 0 fully saturated rings. The molecule has 2 rings (SSSR count). The Balaban J connectivity index is 2.16. The van der Waals surface area contributed by atoms with Gasteiger partial charge in [0, 0.05) is 23.0 Å². The molecule has 2 aromatic carbocycles. The Morgan fingerprint density at radius 2 is 1.81 bits per heavy atom. The van der Waals surface area contributed by atoms with Crippen molar-refractivity contribution in [2.24, 2.45) is 11.0 Å². The van der Waals surface area contributed by atoms with E-state index in [4.69, 9.17) is 11.6 Å². The number of halogens is 1. The summed E-state index contributed by atoms with van der Waals surface area (Å²) in [6, 6.07) is 16.6. The second-order valence-corrected chi connectivity index (χ2v) is 6.83. The summed E-state index contributed by atoms with van der Waals surface area (Å²) in [6.07, 6.45) is 3.90. The van der Waals surface area contributed by atoms with Gasteiger partial charge in [0.25, 0.3) is 5.91 Å². The molecule has 1 atom stereocenters. The first-order valence-electron chi connectivity index (χ1n) is 8.47. The molecular formula is C21H24ClN3O. The van der Waals surface area contributed by atoms with Crippen LogP contribution >= 0.6 is 11.6 Å². The van der Waals surface area contributed by atoms with Gasteiger partial charge in [0.1, 0.15) is 0 Å². The molecule has 0 aliphatic carbocycles. The highest BCUT2D eigenvalue weighted by Crippen LogP contribution is 2.12. The van der Waals surface area contributed by atoms with Gasteiger partial charge in [-0.2, -0.15) is 5.10 Å². The lowest BCUT2D eigenvalue weighted by Crippen LogP contribution is -2.27. The van der Waals surface area contributed by atoms with E-state index in [1.807, 2.05) is 68.7 Å². The molecule has 26 heavy (non-hydrogen) atoms. The predicted molar refractivity (Wildman–Crippen MR) is 110 cm³/mol. The number of hydrazone groups is 1. The minimum Gasteiger partial charge on any atom is -0.309 e. The Kier molecular flexibility index (Phi) is 7.57. The maximum absolute atomic E-state index is 12.2. The molecule has 0 heterocycles. The molecule has 0 aromatic heterocycles. The van der Waals surface area contributed by atoms with E-state index in [-0.39, 0.29) is 11.8 Å². The van der Waals surface area contributed by atoms with Crippen LogP contribution in [0.2, 0.25) is 5.02 Å². The van der Waals surface area contributed by atoms with Crippen LogP contribution in [0.5, 0.6) is 0 Å². The largest absolute Gasteiger partial charge is 0.309 e. The third kappa shape index (κ3) is 6.47. The van der Waals surface area contributed by atoms with E-state index in [1.165, 1.54) is 0 Å². The van der Waals surface area contributed by atoms with Gasteiger partial charge in [0.2, 0.25) is 0 Å². The number of amides is 1. The predicted octanol–water partition coefficient (Wildman–Crippen LogP) is 4.34. The number of rotatable bonds is 7. The Hall–Kier alpha value is -2.43. The van der Waals surface area contributed by atoms with Crippen molar-refractivity contribution in [3.05, 3.63) is 76.8 Å². The fraction of sp³-hybridized carbons (Fsp3) is 0.238. The lowest BCUT2D eigenvalue weighted by molar-refractivity contribution is 0.0954. The maximum Gasteiger partial charge on any atom is 0.271 e. The van der Waals surface area contributed by atoms with Crippen LogP contribution in [0.25, 0.3) is 6.08 Å². The van der Waals surface area contributed by atoms with Gasteiger partial charge in [-0.25, -0.2) is 5.43 Å². The molecule has 4 nitrogen and oxygen atoms in total. The molecule has 1 amide bonds. The molecule has 0 unspecified atom stereocenters. The standard InChI is InChI=1S/C21H24ClN3O/c1-16(15-25(2)3)20(14-11-17-9-12-19(22)13-10-17)23-24-21(26)18-7-5-4-6-8-18/h4-14,16H,15H2,1-3H3,(H,24,26)/b14-11-,23-20+/t16-/m0/s1. The first-order chi connectivity index (χ1) is 12.5. The second-order valence-electron chi connectivity index (χ2n) is 6.39. The first kappa shape index (κ1) is 19.9. The summed E-state index contributed by atoms with van der Waals surface area (Å²) >= 11 is 5.92. The topological polar surface area (TPSA) is 44.7 Å². The summed E-state index contributed by atoms with van der Waals surface area (Å²) in [6.45, 7) is 2.91. The van der Waals surface area contributed by atoms with Crippen LogP contribution in [0.1, 0.15) is 22.8 Å². The van der Waals surface area contributed by atoms with Gasteiger partial charge >= 0.3 is 0 Å². The number of carbonyl (C=O) groups excluding carboxylic acids is 1. The molecule has 1 N–H and O–H groups in total. The number of benzene rings is 2. The number of nitrogens with one attached hydrogen (secondary N) is 1. The van der Waals surface area contributed by atoms with Gasteiger partial charge in [-0.05, 0) is 50.0 Å². The summed E-state index contributed by atoms with van der Waals surface area (Å²) in [5.41, 5.74) is 5.06. The molecule has 0 spiro atoms. The van der Waals surface area contributed by atoms with E-state index in [9.17, 15) is 4.79 Å². The molecule has 0 aliphatic rings. The SMILES string of the molecule is C[C@@H](CN(C)C)C(/C=C\c1ccc(Cl)cc1)=N/NC(=O)c1ccccc1. The lowest BCUT2D eigenvalue weighted by atomic mass is 10.0. The van der Waals surface area contributed by atoms with Crippen LogP contribution in [-0.4, -0.2) is 37.2 Å². The Labute approximate surface area is 160 Å². The van der Waals surface area contributed by atoms with Crippen LogP contribution in [0.4, 0.5) is 0 Å². The average molecular weight is 370 g/mol. The molecule has 0 bridgehead atoms. The monoisotopic (exact) mass is 369 g/mol. The van der Waals surface area contributed by atoms with Gasteiger partial charge in [-0.1, -0.05) is 54.9 Å². The Morgan fingerprint density at radius 3 is 2.42 bits per heavy atom. The number of carbonyl (C=O) groups is 1. The maximum atomic E-state index is 12.2. The summed E-state index contributed by atoms with van der Waals surface area (Å²) in [4.78, 5) is 14.3. The average Bonchev–Trinajstić information content (AvgIpc) is 2.63. The molecular weight excluding hydrogens is 346 g/mol. The van der Waals surface area contributed by atoms with Crippen molar-refractivity contribution in [2.75, 3.05) is 20.6 Å². The van der Waals surface area contributed by atoms with E-state index in [0.29, 0.717) is 10.6 Å². The Morgan fingerprint density at radius 1 is 1.15 bits per heavy atom. The number of allylic oxidation sites excluding steroid dienone is 1. The van der Waals surface area contributed by atoms with Gasteiger partial charge < -0.3 is 4.90 Å². The van der Waals surface area contributed by atoms with Crippen molar-refractivity contribution >= 4 is 29.3 Å². The zero-order valence-electron chi connectivity index (χ0n) is 15.3. The van der Waals surface area contributed by atoms with Crippen LogP contribution in [-0.2, 0) is 0 Å². The third-order valence-corrected chi connectivity index (χ3v) is 4.03. The van der Waals surface area contributed by atoms with Crippen LogP contribution in [0.3, 0.4) is 0 Å². The van der Waals surface area contributed by atoms with E-state index >= 15 is 0 Å². The highest BCUT2D eigenvalue weighted by Gasteiger charge is 2.11. The van der Waals surface area contributed by atoms with Gasteiger partial charge in [0.15, 0.2) is 0 Å². The van der Waals surface area contributed by atoms with Crippen molar-refractivity contribution in [3.63, 3.8) is 0 Å². The Bertz CT molecular complexity index is 768. The minimum atomic E-state index is -0.222. The zero-order valence-corrected chi connectivity index (χ0v) is 16.1. The third-order valence-electron chi connectivity index (χ3n) is 3.78. The molecule has 0 aliphatic heterocycles. The highest BCUT2D eigenvalue weighted by molar-refractivity contribution is 6.30. The molecule has 5 heteroatoms. The van der Waals surface area contributed by atoms with Crippen molar-refractivity contribution < 1.29 is 4.79 Å². The van der Waals surface area contributed by atoms with E-state index in [0.717, 1.165) is 17.8 Å². The van der Waals surface area contributed by atoms with Crippen molar-refractivity contribution in [3.8, 4) is 0 Å². The second kappa shape index (κ2) is 9.90. The number of nitrogens with zero attached hydrogens (tertiary/aromatic N) is 2. The highest BCUT2D eigenvalue weighted by atomic mass is 35.5. The molecule has 0 radical (unpaired) electrons. The quantitative estimate of drug-likeness (QED) is 0.583. The van der Waals surface area contributed by atoms with Crippen molar-refractivity contribution in [1.29, 1.82) is 0 Å². The summed E-state index contributed by atoms with van der Waals surface area (Å²) in [7, 11) is 4.03. The van der Waals surface area contributed by atoms with Crippen LogP contribution < -0.4 is 5.43 Å². The number of hydrogen-bond acceptors (Lipinski definition) is 3. The summed E-state index contributed by atoms with van der Waals surface area (Å²) in [5, 5.41) is 5.06. The van der Waals surface area contributed by atoms with Gasteiger partial charge in [-0.15, -0.1) is 0 Å². The van der Waals surface area contributed by atoms with Crippen molar-refractivity contribution in [1.82, 2.24) is 10.3 Å². The van der Waals surface area contributed by atoms with Gasteiger partial charge in [-0.3, -0.25) is 4.79 Å². The summed E-state index contributed by atoms with van der Waals surface area (Å²) < 4.78 is 0. The molecule has 0 saturated heterocycles. The fourth-order valence-corrected chi connectivity index (χ4v) is 2.60. The minimum absolute atomic E-state index is 0.157. The van der Waals surface area contributed by atoms with Crippen LogP contribution in [0, 0.1) is 5.92 Å². The molecule has 0 saturated carbocycles. The smallest absolute Gasteiger partial charge is 0.271 e. The zero-order chi connectivity index (χ0) is 18.9. The molecule has 2 aromatic rings. The summed E-state index contributed by atoms with van der Waals surface area (Å²) in [5.74, 6) is -0.0651. The van der Waals surface area contributed by atoms with Gasteiger partial charge in [0.05, 0.1) is 5.71 Å². The van der Waals surface area contributed by atoms with Crippen LogP contribution in [0.15, 0.2) is 65.8 Å². The van der Waals surface area contributed by atoms with Crippen molar-refractivity contribution in [2.45, 2.75) is 6.92 Å². The van der Waals surface area contributed by atoms with E-state index in [1.54, 1.807) is 12.1 Å². The van der Waals surface area contributed by atoms with E-state index in [2.05, 4.69) is 22.4 Å². The normalized spacial score (nSPS) is 13.2. The first-order valence-corrected chi connectivity index (χ1v) is 8.85. The lowest BCUT2D eigenvalue weighted by Gasteiger charge is -2.17. The van der Waals surface area contributed by atoms with E-state index < -0.39 is 0 Å². The molecule has 136 valence electrons. The fourth-order valence-electron chi connectivity index (χ4n) is 2.48. The number of hydrogen-bond donors (Lipinski definition) is 1.